The second-order valence-corrected chi connectivity index (χ2v) is 9.64. The van der Waals surface area contributed by atoms with Crippen molar-refractivity contribution in [3.63, 3.8) is 0 Å². The Bertz CT molecular complexity index is 1280. The third-order valence-electron chi connectivity index (χ3n) is 6.14. The number of anilines is 1. The second kappa shape index (κ2) is 9.53. The summed E-state index contributed by atoms with van der Waals surface area (Å²) in [6.45, 7) is 5.32. The zero-order valence-electron chi connectivity index (χ0n) is 19.5. The number of fused-ring (bicyclic) bond motifs is 2. The molecular formula is C26H29N3O3S. The molecule has 172 valence electrons. The van der Waals surface area contributed by atoms with E-state index in [9.17, 15) is 9.59 Å². The van der Waals surface area contributed by atoms with Gasteiger partial charge in [0, 0.05) is 50.2 Å². The molecule has 0 amide bonds. The summed E-state index contributed by atoms with van der Waals surface area (Å²) in [6.07, 6.45) is 2.43. The number of benzene rings is 2. The molecule has 7 heteroatoms. The Morgan fingerprint density at radius 3 is 2.64 bits per heavy atom. The van der Waals surface area contributed by atoms with Gasteiger partial charge in [-0.25, -0.2) is 4.98 Å². The molecule has 1 aliphatic heterocycles. The van der Waals surface area contributed by atoms with Crippen LogP contribution in [-0.2, 0) is 21.5 Å². The van der Waals surface area contributed by atoms with Gasteiger partial charge in [-0.15, -0.1) is 0 Å². The molecule has 0 radical (unpaired) electrons. The summed E-state index contributed by atoms with van der Waals surface area (Å²) < 4.78 is 6.81. The Morgan fingerprint density at radius 2 is 1.88 bits per heavy atom. The van der Waals surface area contributed by atoms with Gasteiger partial charge in [-0.1, -0.05) is 55.9 Å². The molecule has 0 N–H and O–H groups in total. The summed E-state index contributed by atoms with van der Waals surface area (Å²) in [5.74, 6) is 0.201. The van der Waals surface area contributed by atoms with E-state index < -0.39 is 0 Å². The van der Waals surface area contributed by atoms with Gasteiger partial charge < -0.3 is 9.64 Å². The van der Waals surface area contributed by atoms with Crippen LogP contribution >= 0.6 is 11.8 Å². The fourth-order valence-corrected chi connectivity index (χ4v) is 5.26. The van der Waals surface area contributed by atoms with Gasteiger partial charge in [-0.2, -0.15) is 0 Å². The highest BCUT2D eigenvalue weighted by Crippen LogP contribution is 2.46. The van der Waals surface area contributed by atoms with E-state index in [1.807, 2.05) is 37.4 Å². The zero-order valence-corrected chi connectivity index (χ0v) is 20.3. The molecule has 6 nitrogen and oxygen atoms in total. The van der Waals surface area contributed by atoms with Crippen LogP contribution in [0.25, 0.3) is 10.9 Å². The predicted octanol–water partition coefficient (Wildman–Crippen LogP) is 4.41. The van der Waals surface area contributed by atoms with Crippen LogP contribution in [0, 0.1) is 0 Å². The first-order chi connectivity index (χ1) is 15.8. The average molecular weight is 464 g/mol. The maximum absolute atomic E-state index is 13.1. The molecule has 1 aromatic heterocycles. The maximum atomic E-state index is 13.1. The van der Waals surface area contributed by atoms with Crippen molar-refractivity contribution in [3.8, 4) is 0 Å². The number of carbonyl (C=O) groups excluding carboxylic acids is 1. The smallest absolute Gasteiger partial charge is 0.262 e. The highest BCUT2D eigenvalue weighted by atomic mass is 32.2. The van der Waals surface area contributed by atoms with Gasteiger partial charge in [0.25, 0.3) is 5.56 Å². The Labute approximate surface area is 198 Å². The topological polar surface area (TPSA) is 64.4 Å². The lowest BCUT2D eigenvalue weighted by atomic mass is 9.83. The first-order valence-electron chi connectivity index (χ1n) is 11.0. The van der Waals surface area contributed by atoms with Crippen LogP contribution in [0.4, 0.5) is 5.69 Å². The molecule has 4 rings (SSSR count). The van der Waals surface area contributed by atoms with Gasteiger partial charge in [0.05, 0.1) is 16.7 Å². The van der Waals surface area contributed by atoms with Crippen molar-refractivity contribution in [1.82, 2.24) is 9.55 Å². The number of hydrogen-bond acceptors (Lipinski definition) is 6. The van der Waals surface area contributed by atoms with Crippen LogP contribution in [0.5, 0.6) is 0 Å². The van der Waals surface area contributed by atoms with Gasteiger partial charge in [0.15, 0.2) is 10.9 Å². The lowest BCUT2D eigenvalue weighted by molar-refractivity contribution is -0.112. The number of aromatic nitrogens is 2. The Kier molecular flexibility index (Phi) is 6.72. The molecule has 2 heterocycles. The number of likely N-dealkylation sites (N-methyl/N-ethyl adjacent to an activating group) is 1. The van der Waals surface area contributed by atoms with Crippen LogP contribution in [0.1, 0.15) is 25.8 Å². The number of hydrogen-bond donors (Lipinski definition) is 0. The van der Waals surface area contributed by atoms with E-state index in [0.717, 1.165) is 11.4 Å². The van der Waals surface area contributed by atoms with Crippen molar-refractivity contribution in [2.75, 3.05) is 31.4 Å². The van der Waals surface area contributed by atoms with E-state index in [2.05, 4.69) is 30.9 Å². The summed E-state index contributed by atoms with van der Waals surface area (Å²) in [4.78, 5) is 32.9. The molecule has 0 atom stereocenters. The van der Waals surface area contributed by atoms with Gasteiger partial charge in [-0.05, 0) is 30.2 Å². The SMILES string of the molecule is COCCCn1c(SCC(=O)/C=C2/N(C)c3ccccc3C2(C)C)nc2ccccc2c1=O. The second-order valence-electron chi connectivity index (χ2n) is 8.70. The molecule has 0 fully saturated rings. The molecule has 0 aliphatic carbocycles. The van der Waals surface area contributed by atoms with Crippen molar-refractivity contribution in [1.29, 1.82) is 0 Å². The number of allylic oxidation sites excluding steroid dienone is 2. The van der Waals surface area contributed by atoms with Gasteiger partial charge >= 0.3 is 0 Å². The minimum atomic E-state index is -0.255. The monoisotopic (exact) mass is 463 g/mol. The third-order valence-corrected chi connectivity index (χ3v) is 7.14. The summed E-state index contributed by atoms with van der Waals surface area (Å²) in [6, 6.07) is 15.6. The summed E-state index contributed by atoms with van der Waals surface area (Å²) in [5, 5.41) is 1.14. The molecule has 2 aromatic carbocycles. The first-order valence-corrected chi connectivity index (χ1v) is 12.0. The largest absolute Gasteiger partial charge is 0.385 e. The molecule has 1 aliphatic rings. The summed E-state index contributed by atoms with van der Waals surface area (Å²) in [5.41, 5.74) is 3.61. The number of rotatable bonds is 8. The van der Waals surface area contributed by atoms with Crippen LogP contribution < -0.4 is 10.5 Å². The van der Waals surface area contributed by atoms with E-state index in [-0.39, 0.29) is 22.5 Å². The third kappa shape index (κ3) is 4.48. The minimum Gasteiger partial charge on any atom is -0.385 e. The highest BCUT2D eigenvalue weighted by molar-refractivity contribution is 7.99. The molecule has 0 saturated heterocycles. The zero-order chi connectivity index (χ0) is 23.6. The molecule has 0 bridgehead atoms. The molecule has 0 spiro atoms. The van der Waals surface area contributed by atoms with Gasteiger partial charge in [0.2, 0.25) is 0 Å². The van der Waals surface area contributed by atoms with Crippen molar-refractivity contribution in [2.24, 2.45) is 0 Å². The average Bonchev–Trinajstić information content (AvgIpc) is 3.00. The van der Waals surface area contributed by atoms with Gasteiger partial charge in [0.1, 0.15) is 0 Å². The standard InChI is InChI=1S/C26H29N3O3S/c1-26(2)20-11-6-8-13-22(20)28(3)23(26)16-18(30)17-33-25-27-21-12-7-5-10-19(21)24(31)29(25)14-9-15-32-4/h5-8,10-13,16H,9,14-15,17H2,1-4H3/b23-16+. The Balaban J connectivity index is 1.59. The first kappa shape index (κ1) is 23.3. The molecule has 33 heavy (non-hydrogen) atoms. The quantitative estimate of drug-likeness (QED) is 0.213. The maximum Gasteiger partial charge on any atom is 0.262 e. The highest BCUT2D eigenvalue weighted by Gasteiger charge is 2.38. The lowest BCUT2D eigenvalue weighted by Gasteiger charge is -2.24. The van der Waals surface area contributed by atoms with Crippen molar-refractivity contribution in [3.05, 3.63) is 76.2 Å². The molecular weight excluding hydrogens is 434 g/mol. The van der Waals surface area contributed by atoms with E-state index in [4.69, 9.17) is 9.72 Å². The van der Waals surface area contributed by atoms with Crippen LogP contribution in [0.15, 0.2) is 70.3 Å². The number of carbonyl (C=O) groups is 1. The fourth-order valence-electron chi connectivity index (χ4n) is 4.41. The van der Waals surface area contributed by atoms with E-state index >= 15 is 0 Å². The fraction of sp³-hybridized carbons (Fsp3) is 0.346. The summed E-state index contributed by atoms with van der Waals surface area (Å²) in [7, 11) is 3.64. The number of nitrogens with zero attached hydrogens (tertiary/aromatic N) is 3. The Morgan fingerprint density at radius 1 is 1.15 bits per heavy atom. The lowest BCUT2D eigenvalue weighted by Crippen LogP contribution is -2.25. The molecule has 3 aromatic rings. The Hall–Kier alpha value is -2.90. The van der Waals surface area contributed by atoms with Crippen molar-refractivity contribution < 1.29 is 9.53 Å². The van der Waals surface area contributed by atoms with Crippen LogP contribution in [0.2, 0.25) is 0 Å². The summed E-state index contributed by atoms with van der Waals surface area (Å²) >= 11 is 1.31. The van der Waals surface area contributed by atoms with Crippen LogP contribution in [0.3, 0.4) is 0 Å². The van der Waals surface area contributed by atoms with E-state index in [1.54, 1.807) is 23.8 Å². The van der Waals surface area contributed by atoms with Crippen molar-refractivity contribution >= 4 is 34.1 Å². The van der Waals surface area contributed by atoms with Crippen LogP contribution in [-0.4, -0.2) is 41.9 Å². The number of ether oxygens (including phenoxy) is 1. The minimum absolute atomic E-state index is 0.00594. The predicted molar refractivity (Wildman–Crippen MR) is 134 cm³/mol. The number of thioether (sulfide) groups is 1. The van der Waals surface area contributed by atoms with E-state index in [0.29, 0.717) is 35.6 Å². The number of para-hydroxylation sites is 2. The van der Waals surface area contributed by atoms with Crippen molar-refractivity contribution in [2.45, 2.75) is 37.4 Å². The molecule has 0 saturated carbocycles. The normalized spacial score (nSPS) is 15.9. The number of methoxy groups -OCH3 is 1. The molecule has 0 unspecified atom stereocenters. The number of ketones is 1. The van der Waals surface area contributed by atoms with Gasteiger partial charge in [-0.3, -0.25) is 14.2 Å². The van der Waals surface area contributed by atoms with E-state index in [1.165, 1.54) is 17.3 Å².